The van der Waals surface area contributed by atoms with E-state index in [1.807, 2.05) is 0 Å². The molecule has 0 saturated carbocycles. The van der Waals surface area contributed by atoms with Crippen molar-refractivity contribution in [3.05, 3.63) is 0 Å². The number of hydrogen-bond donors (Lipinski definition) is 1. The zero-order valence-electron chi connectivity index (χ0n) is 17.8. The summed E-state index contributed by atoms with van der Waals surface area (Å²) in [6, 6.07) is 0. The summed E-state index contributed by atoms with van der Waals surface area (Å²) in [4.78, 5) is 22.4. The molecule has 0 aromatic heterocycles. The fraction of sp³-hybridized carbons (Fsp3) is 0.913. The predicted molar refractivity (Wildman–Crippen MR) is 112 cm³/mol. The average Bonchev–Trinajstić information content (AvgIpc) is 2.62. The SMILES string of the molecule is CCCCCCCCCCCCCCCCCC(=O)NCCCC(C)=O. The van der Waals surface area contributed by atoms with Gasteiger partial charge in [-0.15, -0.1) is 0 Å². The smallest absolute Gasteiger partial charge is 0.219 e. The molecule has 0 unspecified atom stereocenters. The van der Waals surface area contributed by atoms with Crippen LogP contribution in [0.1, 0.15) is 129 Å². The highest BCUT2D eigenvalue weighted by molar-refractivity contribution is 5.76. The first-order valence-corrected chi connectivity index (χ1v) is 11.4. The number of unbranched alkanes of at least 4 members (excludes halogenated alkanes) is 14. The summed E-state index contributed by atoms with van der Waals surface area (Å²) in [5.74, 6) is 0.338. The molecule has 0 bridgehead atoms. The van der Waals surface area contributed by atoms with Crippen LogP contribution in [0.5, 0.6) is 0 Å². The van der Waals surface area contributed by atoms with Gasteiger partial charge in [0, 0.05) is 19.4 Å². The van der Waals surface area contributed by atoms with E-state index in [1.54, 1.807) is 6.92 Å². The first-order valence-electron chi connectivity index (χ1n) is 11.4. The summed E-state index contributed by atoms with van der Waals surface area (Å²) in [5, 5.41) is 2.90. The van der Waals surface area contributed by atoms with Crippen molar-refractivity contribution in [3.8, 4) is 0 Å². The summed E-state index contributed by atoms with van der Waals surface area (Å²) >= 11 is 0. The molecule has 0 radical (unpaired) electrons. The van der Waals surface area contributed by atoms with E-state index < -0.39 is 0 Å². The lowest BCUT2D eigenvalue weighted by molar-refractivity contribution is -0.121. The largest absolute Gasteiger partial charge is 0.356 e. The molecule has 26 heavy (non-hydrogen) atoms. The minimum Gasteiger partial charge on any atom is -0.356 e. The summed E-state index contributed by atoms with van der Waals surface area (Å²) < 4.78 is 0. The predicted octanol–water partition coefficient (Wildman–Crippen LogP) is 6.73. The van der Waals surface area contributed by atoms with E-state index in [-0.39, 0.29) is 11.7 Å². The fourth-order valence-corrected chi connectivity index (χ4v) is 3.31. The van der Waals surface area contributed by atoms with Gasteiger partial charge < -0.3 is 10.1 Å². The molecule has 0 aromatic rings. The molecular weight excluding hydrogens is 322 g/mol. The molecule has 0 aliphatic heterocycles. The Morgan fingerprint density at radius 1 is 0.577 bits per heavy atom. The van der Waals surface area contributed by atoms with Gasteiger partial charge in [-0.2, -0.15) is 0 Å². The van der Waals surface area contributed by atoms with Crippen molar-refractivity contribution in [2.45, 2.75) is 129 Å². The molecule has 0 saturated heterocycles. The van der Waals surface area contributed by atoms with E-state index in [1.165, 1.54) is 89.9 Å². The highest BCUT2D eigenvalue weighted by Crippen LogP contribution is 2.13. The van der Waals surface area contributed by atoms with E-state index >= 15 is 0 Å². The monoisotopic (exact) mass is 367 g/mol. The second-order valence-corrected chi connectivity index (χ2v) is 7.86. The molecule has 0 aliphatic rings. The Morgan fingerprint density at radius 2 is 1.00 bits per heavy atom. The van der Waals surface area contributed by atoms with Crippen LogP contribution in [0.15, 0.2) is 0 Å². The third kappa shape index (κ3) is 21.2. The van der Waals surface area contributed by atoms with Crippen molar-refractivity contribution in [3.63, 3.8) is 0 Å². The topological polar surface area (TPSA) is 46.2 Å². The molecular formula is C23H45NO2. The lowest BCUT2D eigenvalue weighted by atomic mass is 10.0. The van der Waals surface area contributed by atoms with Gasteiger partial charge in [0.1, 0.15) is 5.78 Å². The van der Waals surface area contributed by atoms with Gasteiger partial charge >= 0.3 is 0 Å². The maximum atomic E-state index is 11.6. The van der Waals surface area contributed by atoms with Gasteiger partial charge in [0.2, 0.25) is 5.91 Å². The van der Waals surface area contributed by atoms with Crippen LogP contribution in [-0.2, 0) is 9.59 Å². The minimum absolute atomic E-state index is 0.142. The Bertz CT molecular complexity index is 328. The number of Topliss-reactive ketones (excluding diaryl/α,β-unsaturated/α-hetero) is 1. The van der Waals surface area contributed by atoms with Gasteiger partial charge in [-0.05, 0) is 19.8 Å². The number of nitrogens with one attached hydrogen (secondary N) is 1. The van der Waals surface area contributed by atoms with E-state index in [0.717, 1.165) is 12.8 Å². The Labute approximate surface area is 163 Å². The lowest BCUT2D eigenvalue weighted by Gasteiger charge is -2.05. The molecule has 0 heterocycles. The average molecular weight is 368 g/mol. The molecule has 0 fully saturated rings. The van der Waals surface area contributed by atoms with Crippen molar-refractivity contribution in [2.24, 2.45) is 0 Å². The van der Waals surface area contributed by atoms with Gasteiger partial charge in [0.05, 0.1) is 0 Å². The van der Waals surface area contributed by atoms with Gasteiger partial charge in [-0.25, -0.2) is 0 Å². The Balaban J connectivity index is 3.12. The van der Waals surface area contributed by atoms with E-state index in [2.05, 4.69) is 12.2 Å². The molecule has 1 amide bonds. The number of carbonyl (C=O) groups is 2. The zero-order valence-corrected chi connectivity index (χ0v) is 17.8. The quantitative estimate of drug-likeness (QED) is 0.242. The number of amides is 1. The van der Waals surface area contributed by atoms with Crippen LogP contribution in [0.25, 0.3) is 0 Å². The standard InChI is InChI=1S/C23H45NO2/c1-3-4-5-6-7-8-9-10-11-12-13-14-15-16-17-20-23(26)24-21-18-19-22(2)25/h3-21H2,1-2H3,(H,24,26). The second kappa shape index (κ2) is 20.5. The molecule has 0 aromatic carbocycles. The van der Waals surface area contributed by atoms with Crippen LogP contribution in [0, 0.1) is 0 Å². The molecule has 154 valence electrons. The summed E-state index contributed by atoms with van der Waals surface area (Å²) in [6.07, 6.45) is 22.2. The second-order valence-electron chi connectivity index (χ2n) is 7.86. The first kappa shape index (κ1) is 25.1. The first-order chi connectivity index (χ1) is 12.7. The third-order valence-corrected chi connectivity index (χ3v) is 5.04. The zero-order chi connectivity index (χ0) is 19.3. The van der Waals surface area contributed by atoms with Gasteiger partial charge in [0.15, 0.2) is 0 Å². The summed E-state index contributed by atoms with van der Waals surface area (Å²) in [6.45, 7) is 4.51. The van der Waals surface area contributed by atoms with E-state index in [4.69, 9.17) is 0 Å². The molecule has 0 aliphatic carbocycles. The van der Waals surface area contributed by atoms with Crippen molar-refractivity contribution < 1.29 is 9.59 Å². The van der Waals surface area contributed by atoms with Crippen molar-refractivity contribution in [1.82, 2.24) is 5.32 Å². The normalized spacial score (nSPS) is 10.8. The van der Waals surface area contributed by atoms with Crippen molar-refractivity contribution in [2.75, 3.05) is 6.54 Å². The summed E-state index contributed by atoms with van der Waals surface area (Å²) in [5.41, 5.74) is 0. The van der Waals surface area contributed by atoms with Crippen LogP contribution in [0.2, 0.25) is 0 Å². The van der Waals surface area contributed by atoms with Crippen LogP contribution in [0.4, 0.5) is 0 Å². The van der Waals surface area contributed by atoms with Crippen molar-refractivity contribution in [1.29, 1.82) is 0 Å². The van der Waals surface area contributed by atoms with Crippen molar-refractivity contribution >= 4 is 11.7 Å². The van der Waals surface area contributed by atoms with Gasteiger partial charge in [-0.1, -0.05) is 96.8 Å². The number of hydrogen-bond acceptors (Lipinski definition) is 2. The number of rotatable bonds is 20. The maximum absolute atomic E-state index is 11.6. The Morgan fingerprint density at radius 3 is 1.42 bits per heavy atom. The van der Waals surface area contributed by atoms with E-state index in [0.29, 0.717) is 19.4 Å². The number of carbonyl (C=O) groups excluding carboxylic acids is 2. The van der Waals surface area contributed by atoms with Crippen LogP contribution < -0.4 is 5.32 Å². The molecule has 3 nitrogen and oxygen atoms in total. The molecule has 0 spiro atoms. The maximum Gasteiger partial charge on any atom is 0.219 e. The highest BCUT2D eigenvalue weighted by atomic mass is 16.1. The third-order valence-electron chi connectivity index (χ3n) is 5.04. The van der Waals surface area contributed by atoms with Gasteiger partial charge in [-0.3, -0.25) is 4.79 Å². The Kier molecular flexibility index (Phi) is 19.8. The van der Waals surface area contributed by atoms with Gasteiger partial charge in [0.25, 0.3) is 0 Å². The fourth-order valence-electron chi connectivity index (χ4n) is 3.31. The van der Waals surface area contributed by atoms with Crippen LogP contribution >= 0.6 is 0 Å². The van der Waals surface area contributed by atoms with Crippen LogP contribution in [-0.4, -0.2) is 18.2 Å². The minimum atomic E-state index is 0.142. The summed E-state index contributed by atoms with van der Waals surface area (Å²) in [7, 11) is 0. The Hall–Kier alpha value is -0.860. The highest BCUT2D eigenvalue weighted by Gasteiger charge is 2.01. The number of ketones is 1. The molecule has 0 atom stereocenters. The molecule has 0 rings (SSSR count). The van der Waals surface area contributed by atoms with Crippen LogP contribution in [0.3, 0.4) is 0 Å². The molecule has 1 N–H and O–H groups in total. The lowest BCUT2D eigenvalue weighted by Crippen LogP contribution is -2.24. The molecule has 3 heteroatoms. The van der Waals surface area contributed by atoms with E-state index in [9.17, 15) is 9.59 Å².